The Bertz CT molecular complexity index is 509. The maximum absolute atomic E-state index is 9.09. The lowest BCUT2D eigenvalue weighted by atomic mass is 10.3. The largest absolute Gasteiger partial charge is 0.508 e. The average Bonchev–Trinajstić information content (AvgIpc) is 2.28. The summed E-state index contributed by atoms with van der Waals surface area (Å²) in [5, 5.41) is 17.8. The van der Waals surface area contributed by atoms with Crippen molar-refractivity contribution in [1.82, 2.24) is 0 Å². The molecule has 0 spiro atoms. The Balaban J connectivity index is 2.18. The van der Waals surface area contributed by atoms with Gasteiger partial charge in [-0.15, -0.1) is 0 Å². The van der Waals surface area contributed by atoms with Crippen molar-refractivity contribution in [2.24, 2.45) is 10.2 Å². The van der Waals surface area contributed by atoms with Crippen molar-refractivity contribution in [2.75, 3.05) is 0 Å². The van der Waals surface area contributed by atoms with Gasteiger partial charge in [-0.1, -0.05) is 17.7 Å². The van der Waals surface area contributed by atoms with E-state index in [0.717, 1.165) is 0 Å². The number of halogens is 1. The lowest BCUT2D eigenvalue weighted by molar-refractivity contribution is 0.475. The van der Waals surface area contributed by atoms with Crippen LogP contribution in [0.5, 0.6) is 5.75 Å². The summed E-state index contributed by atoms with van der Waals surface area (Å²) in [4.78, 5) is 0. The maximum atomic E-state index is 9.09. The standard InChI is InChI=1S/C12H9ClN2O/c13-9-2-1-3-11(8-9)15-14-10-4-6-12(16)7-5-10/h1-8,16H. The van der Waals surface area contributed by atoms with Crippen molar-refractivity contribution >= 4 is 23.0 Å². The monoisotopic (exact) mass is 232 g/mol. The summed E-state index contributed by atoms with van der Waals surface area (Å²) >= 11 is 5.81. The van der Waals surface area contributed by atoms with Gasteiger partial charge in [0.15, 0.2) is 0 Å². The van der Waals surface area contributed by atoms with E-state index in [-0.39, 0.29) is 5.75 Å². The average molecular weight is 233 g/mol. The molecule has 2 rings (SSSR count). The summed E-state index contributed by atoms with van der Waals surface area (Å²) in [6.07, 6.45) is 0. The lowest BCUT2D eigenvalue weighted by Crippen LogP contribution is -1.66. The third kappa shape index (κ3) is 2.81. The highest BCUT2D eigenvalue weighted by molar-refractivity contribution is 6.30. The highest BCUT2D eigenvalue weighted by Gasteiger charge is 1.92. The van der Waals surface area contributed by atoms with E-state index in [1.54, 1.807) is 36.4 Å². The molecule has 0 bridgehead atoms. The van der Waals surface area contributed by atoms with Gasteiger partial charge in [-0.3, -0.25) is 0 Å². The molecule has 0 aromatic heterocycles. The van der Waals surface area contributed by atoms with E-state index < -0.39 is 0 Å². The van der Waals surface area contributed by atoms with Crippen molar-refractivity contribution in [1.29, 1.82) is 0 Å². The molecule has 0 heterocycles. The van der Waals surface area contributed by atoms with Gasteiger partial charge in [-0.25, -0.2) is 0 Å². The van der Waals surface area contributed by atoms with Gasteiger partial charge in [0.25, 0.3) is 0 Å². The van der Waals surface area contributed by atoms with Crippen LogP contribution in [0.2, 0.25) is 5.02 Å². The molecule has 0 unspecified atom stereocenters. The molecule has 2 aromatic rings. The minimum absolute atomic E-state index is 0.210. The zero-order valence-corrected chi connectivity index (χ0v) is 9.09. The fourth-order valence-electron chi connectivity index (χ4n) is 1.17. The van der Waals surface area contributed by atoms with E-state index in [1.807, 2.05) is 12.1 Å². The first-order chi connectivity index (χ1) is 7.74. The maximum Gasteiger partial charge on any atom is 0.115 e. The predicted molar refractivity (Wildman–Crippen MR) is 63.7 cm³/mol. The Morgan fingerprint density at radius 3 is 2.25 bits per heavy atom. The van der Waals surface area contributed by atoms with E-state index in [0.29, 0.717) is 16.4 Å². The Hall–Kier alpha value is -1.87. The quantitative estimate of drug-likeness (QED) is 0.764. The van der Waals surface area contributed by atoms with Gasteiger partial charge < -0.3 is 5.11 Å². The summed E-state index contributed by atoms with van der Waals surface area (Å²) in [7, 11) is 0. The molecule has 4 heteroatoms. The molecule has 16 heavy (non-hydrogen) atoms. The van der Waals surface area contributed by atoms with Gasteiger partial charge >= 0.3 is 0 Å². The van der Waals surface area contributed by atoms with Crippen molar-refractivity contribution in [3.63, 3.8) is 0 Å². The van der Waals surface area contributed by atoms with Crippen LogP contribution < -0.4 is 0 Å². The van der Waals surface area contributed by atoms with Gasteiger partial charge in [0.1, 0.15) is 5.75 Å². The first-order valence-corrected chi connectivity index (χ1v) is 5.08. The third-order valence-corrected chi connectivity index (χ3v) is 2.17. The van der Waals surface area contributed by atoms with Crippen LogP contribution in [0.3, 0.4) is 0 Å². The molecule has 0 atom stereocenters. The Morgan fingerprint density at radius 2 is 1.56 bits per heavy atom. The third-order valence-electron chi connectivity index (χ3n) is 1.94. The summed E-state index contributed by atoms with van der Waals surface area (Å²) in [5.74, 6) is 0.210. The predicted octanol–water partition coefficient (Wildman–Crippen LogP) is 4.46. The van der Waals surface area contributed by atoms with Gasteiger partial charge in [0, 0.05) is 5.02 Å². The number of benzene rings is 2. The van der Waals surface area contributed by atoms with Crippen molar-refractivity contribution < 1.29 is 5.11 Å². The minimum atomic E-state index is 0.210. The fraction of sp³-hybridized carbons (Fsp3) is 0. The van der Waals surface area contributed by atoms with E-state index in [2.05, 4.69) is 10.2 Å². The topological polar surface area (TPSA) is 45.0 Å². The van der Waals surface area contributed by atoms with E-state index in [9.17, 15) is 0 Å². The van der Waals surface area contributed by atoms with Crippen LogP contribution in [0.25, 0.3) is 0 Å². The second-order valence-electron chi connectivity index (χ2n) is 3.20. The number of azo groups is 1. The molecule has 0 saturated carbocycles. The minimum Gasteiger partial charge on any atom is -0.508 e. The SMILES string of the molecule is Oc1ccc(N=Nc2cccc(Cl)c2)cc1. The molecule has 0 amide bonds. The summed E-state index contributed by atoms with van der Waals surface area (Å²) in [5.41, 5.74) is 1.37. The van der Waals surface area contributed by atoms with Crippen LogP contribution in [-0.4, -0.2) is 5.11 Å². The molecular weight excluding hydrogens is 224 g/mol. The molecular formula is C12H9ClN2O. The number of nitrogens with zero attached hydrogens (tertiary/aromatic N) is 2. The summed E-state index contributed by atoms with van der Waals surface area (Å²) in [6, 6.07) is 13.6. The van der Waals surface area contributed by atoms with Gasteiger partial charge in [-0.2, -0.15) is 10.2 Å². The molecule has 0 saturated heterocycles. The number of hydrogen-bond donors (Lipinski definition) is 1. The lowest BCUT2D eigenvalue weighted by Gasteiger charge is -1.94. The van der Waals surface area contributed by atoms with Gasteiger partial charge in [0.05, 0.1) is 11.4 Å². The van der Waals surface area contributed by atoms with Crippen LogP contribution in [0.1, 0.15) is 0 Å². The molecule has 0 radical (unpaired) electrons. The zero-order chi connectivity index (χ0) is 11.4. The molecule has 0 aliphatic rings. The number of phenolic OH excluding ortho intramolecular Hbond substituents is 1. The highest BCUT2D eigenvalue weighted by atomic mass is 35.5. The number of phenols is 1. The van der Waals surface area contributed by atoms with E-state index in [1.165, 1.54) is 0 Å². The Labute approximate surface area is 98.0 Å². The van der Waals surface area contributed by atoms with Gasteiger partial charge in [0.2, 0.25) is 0 Å². The molecule has 3 nitrogen and oxygen atoms in total. The highest BCUT2D eigenvalue weighted by Crippen LogP contribution is 2.22. The first kappa shape index (κ1) is 10.6. The normalized spacial score (nSPS) is 10.8. The molecule has 0 aliphatic heterocycles. The van der Waals surface area contributed by atoms with Crippen LogP contribution >= 0.6 is 11.6 Å². The van der Waals surface area contributed by atoms with Crippen LogP contribution in [0.4, 0.5) is 11.4 Å². The van der Waals surface area contributed by atoms with Crippen LogP contribution in [-0.2, 0) is 0 Å². The number of aromatic hydroxyl groups is 1. The Morgan fingerprint density at radius 1 is 0.875 bits per heavy atom. The Kier molecular flexibility index (Phi) is 3.17. The van der Waals surface area contributed by atoms with Crippen LogP contribution in [0, 0.1) is 0 Å². The zero-order valence-electron chi connectivity index (χ0n) is 8.34. The first-order valence-electron chi connectivity index (χ1n) is 4.70. The van der Waals surface area contributed by atoms with Crippen molar-refractivity contribution in [3.05, 3.63) is 53.6 Å². The molecule has 0 aliphatic carbocycles. The fourth-order valence-corrected chi connectivity index (χ4v) is 1.36. The molecule has 2 aromatic carbocycles. The van der Waals surface area contributed by atoms with E-state index >= 15 is 0 Å². The second kappa shape index (κ2) is 4.77. The second-order valence-corrected chi connectivity index (χ2v) is 3.63. The van der Waals surface area contributed by atoms with E-state index in [4.69, 9.17) is 16.7 Å². The molecule has 0 fully saturated rings. The molecule has 80 valence electrons. The summed E-state index contributed by atoms with van der Waals surface area (Å²) < 4.78 is 0. The number of rotatable bonds is 2. The van der Waals surface area contributed by atoms with Crippen LogP contribution in [0.15, 0.2) is 58.8 Å². The van der Waals surface area contributed by atoms with Crippen molar-refractivity contribution in [3.8, 4) is 5.75 Å². The van der Waals surface area contributed by atoms with Crippen molar-refractivity contribution in [2.45, 2.75) is 0 Å². The smallest absolute Gasteiger partial charge is 0.115 e. The number of hydrogen-bond acceptors (Lipinski definition) is 3. The molecule has 1 N–H and O–H groups in total. The van der Waals surface area contributed by atoms with Gasteiger partial charge in [-0.05, 0) is 42.5 Å². The summed E-state index contributed by atoms with van der Waals surface area (Å²) in [6.45, 7) is 0.